The predicted octanol–water partition coefficient (Wildman–Crippen LogP) is 14.1. The minimum atomic E-state index is 0.966. The standard InChI is InChI=1S/C49H46/c1-7-10-11-13-41-27-29-43(39-22-16-35(5)17-23-39)31-47(41)49-33-44(40-24-18-36(6)19-25-40)32-48(45(49)12-8-2)46-30-42(28-26-37(46)9-3)38-20-14-34(4)15-21-38/h7-10,12,14-33H,3,11,13H2,1-2,4-6H3. The maximum atomic E-state index is 4.26. The third-order valence-corrected chi connectivity index (χ3v) is 9.45. The van der Waals surface area contributed by atoms with Gasteiger partial charge in [0, 0.05) is 0 Å². The van der Waals surface area contributed by atoms with E-state index in [0.29, 0.717) is 0 Å². The van der Waals surface area contributed by atoms with E-state index in [2.05, 4.69) is 187 Å². The summed E-state index contributed by atoms with van der Waals surface area (Å²) in [6.07, 6.45) is 12.8. The summed E-state index contributed by atoms with van der Waals surface area (Å²) < 4.78 is 0. The van der Waals surface area contributed by atoms with Crippen molar-refractivity contribution in [2.45, 2.75) is 47.5 Å². The lowest BCUT2D eigenvalue weighted by molar-refractivity contribution is 1.00. The van der Waals surface area contributed by atoms with E-state index in [4.69, 9.17) is 0 Å². The van der Waals surface area contributed by atoms with Crippen LogP contribution in [-0.2, 0) is 6.42 Å². The third-order valence-electron chi connectivity index (χ3n) is 9.45. The van der Waals surface area contributed by atoms with E-state index < -0.39 is 0 Å². The van der Waals surface area contributed by atoms with E-state index in [1.807, 2.05) is 6.08 Å². The first-order valence-corrected chi connectivity index (χ1v) is 17.4. The Kier molecular flexibility index (Phi) is 10.4. The van der Waals surface area contributed by atoms with Crippen LogP contribution in [0.15, 0.2) is 146 Å². The number of hydrogen-bond donors (Lipinski definition) is 0. The van der Waals surface area contributed by atoms with Crippen LogP contribution in [0.4, 0.5) is 0 Å². The summed E-state index contributed by atoms with van der Waals surface area (Å²) in [5.41, 5.74) is 19.7. The molecule has 6 aromatic rings. The molecule has 0 N–H and O–H groups in total. The molecule has 242 valence electrons. The Morgan fingerprint density at radius 3 is 1.43 bits per heavy atom. The van der Waals surface area contributed by atoms with E-state index in [1.165, 1.54) is 83.5 Å². The van der Waals surface area contributed by atoms with Crippen LogP contribution in [-0.4, -0.2) is 0 Å². The molecule has 0 spiro atoms. The average Bonchev–Trinajstić information content (AvgIpc) is 3.13. The molecule has 6 aromatic carbocycles. The second-order valence-electron chi connectivity index (χ2n) is 13.1. The summed E-state index contributed by atoms with van der Waals surface area (Å²) >= 11 is 0. The minimum Gasteiger partial charge on any atom is -0.0984 e. The highest BCUT2D eigenvalue weighted by Gasteiger charge is 2.19. The Labute approximate surface area is 293 Å². The van der Waals surface area contributed by atoms with Gasteiger partial charge in [-0.15, -0.1) is 0 Å². The number of aryl methyl sites for hydroxylation is 4. The largest absolute Gasteiger partial charge is 0.0984 e. The van der Waals surface area contributed by atoms with Crippen LogP contribution in [0.1, 0.15) is 53.6 Å². The fourth-order valence-electron chi connectivity index (χ4n) is 6.63. The van der Waals surface area contributed by atoms with Crippen molar-refractivity contribution in [1.82, 2.24) is 0 Å². The van der Waals surface area contributed by atoms with Crippen molar-refractivity contribution in [2.75, 3.05) is 0 Å². The molecule has 0 heteroatoms. The normalized spacial score (nSPS) is 11.4. The number of allylic oxidation sites excluding steroid dienone is 3. The lowest BCUT2D eigenvalue weighted by Crippen LogP contribution is -1.98. The molecule has 0 nitrogen and oxygen atoms in total. The van der Waals surface area contributed by atoms with Crippen LogP contribution in [0.25, 0.3) is 67.8 Å². The topological polar surface area (TPSA) is 0 Å². The molecule has 0 heterocycles. The molecule has 6 rings (SSSR count). The Morgan fingerprint density at radius 1 is 0.469 bits per heavy atom. The van der Waals surface area contributed by atoms with Crippen LogP contribution in [0.2, 0.25) is 0 Å². The summed E-state index contributed by atoms with van der Waals surface area (Å²) in [7, 11) is 0. The molecule has 0 saturated heterocycles. The van der Waals surface area contributed by atoms with E-state index in [-0.39, 0.29) is 0 Å². The minimum absolute atomic E-state index is 0.966. The van der Waals surface area contributed by atoms with Crippen LogP contribution < -0.4 is 0 Å². The summed E-state index contributed by atoms with van der Waals surface area (Å²) in [5, 5.41) is 0. The van der Waals surface area contributed by atoms with Gasteiger partial charge in [0.25, 0.3) is 0 Å². The van der Waals surface area contributed by atoms with Crippen molar-refractivity contribution in [1.29, 1.82) is 0 Å². The molecule has 0 saturated carbocycles. The van der Waals surface area contributed by atoms with Crippen LogP contribution in [0.3, 0.4) is 0 Å². The molecule has 0 aliphatic rings. The first-order chi connectivity index (χ1) is 23.9. The van der Waals surface area contributed by atoms with Crippen molar-refractivity contribution < 1.29 is 0 Å². The quantitative estimate of drug-likeness (QED) is 0.132. The molecule has 0 aliphatic heterocycles. The van der Waals surface area contributed by atoms with Crippen molar-refractivity contribution in [3.63, 3.8) is 0 Å². The first-order valence-electron chi connectivity index (χ1n) is 17.4. The smallest absolute Gasteiger partial charge is 0.00929 e. The van der Waals surface area contributed by atoms with Crippen LogP contribution >= 0.6 is 0 Å². The fraction of sp³-hybridized carbons (Fsp3) is 0.143. The van der Waals surface area contributed by atoms with Crippen molar-refractivity contribution in [3.05, 3.63) is 180 Å². The van der Waals surface area contributed by atoms with E-state index in [0.717, 1.165) is 18.4 Å². The van der Waals surface area contributed by atoms with Crippen molar-refractivity contribution in [2.24, 2.45) is 0 Å². The summed E-state index contributed by atoms with van der Waals surface area (Å²) in [6.45, 7) is 14.9. The van der Waals surface area contributed by atoms with Gasteiger partial charge in [0.2, 0.25) is 0 Å². The van der Waals surface area contributed by atoms with Crippen LogP contribution in [0.5, 0.6) is 0 Å². The number of rotatable bonds is 10. The molecule has 49 heavy (non-hydrogen) atoms. The third kappa shape index (κ3) is 7.50. The molecule has 0 bridgehead atoms. The summed E-state index contributed by atoms with van der Waals surface area (Å²) in [6, 6.07) is 45.2. The monoisotopic (exact) mass is 634 g/mol. The van der Waals surface area contributed by atoms with Gasteiger partial charge in [-0.1, -0.05) is 151 Å². The van der Waals surface area contributed by atoms with Gasteiger partial charge in [0.1, 0.15) is 0 Å². The maximum absolute atomic E-state index is 4.26. The number of benzene rings is 6. The van der Waals surface area contributed by atoms with Gasteiger partial charge in [-0.25, -0.2) is 0 Å². The molecule has 0 aliphatic carbocycles. The predicted molar refractivity (Wildman–Crippen MR) is 216 cm³/mol. The Morgan fingerprint density at radius 2 is 0.918 bits per heavy atom. The van der Waals surface area contributed by atoms with E-state index >= 15 is 0 Å². The average molecular weight is 635 g/mol. The zero-order valence-electron chi connectivity index (χ0n) is 29.6. The Hall–Kier alpha value is -5.46. The molecule has 0 radical (unpaired) electrons. The van der Waals surface area contributed by atoms with Gasteiger partial charge in [0.15, 0.2) is 0 Å². The lowest BCUT2D eigenvalue weighted by atomic mass is 9.83. The van der Waals surface area contributed by atoms with Gasteiger partial charge in [-0.2, -0.15) is 0 Å². The highest BCUT2D eigenvalue weighted by atomic mass is 14.2. The zero-order chi connectivity index (χ0) is 34.3. The SMILES string of the molecule is C=Cc1ccc(-c2ccc(C)cc2)cc1-c1cc(-c2ccc(C)cc2)cc(-c2cc(-c3ccc(C)cc3)ccc2CCC=CC)c1C=CC. The first kappa shape index (κ1) is 33.4. The molecule has 0 unspecified atom stereocenters. The Bertz CT molecular complexity index is 2130. The zero-order valence-corrected chi connectivity index (χ0v) is 29.6. The Balaban J connectivity index is 1.68. The second kappa shape index (κ2) is 15.2. The van der Waals surface area contributed by atoms with Crippen molar-refractivity contribution in [3.8, 4) is 55.6 Å². The van der Waals surface area contributed by atoms with E-state index in [1.54, 1.807) is 0 Å². The molecule has 0 atom stereocenters. The maximum Gasteiger partial charge on any atom is -0.00929 e. The summed E-state index contributed by atoms with van der Waals surface area (Å²) in [5.74, 6) is 0. The second-order valence-corrected chi connectivity index (χ2v) is 13.1. The van der Waals surface area contributed by atoms with Gasteiger partial charge in [-0.05, 0) is 144 Å². The van der Waals surface area contributed by atoms with Gasteiger partial charge < -0.3 is 0 Å². The summed E-state index contributed by atoms with van der Waals surface area (Å²) in [4.78, 5) is 0. The van der Waals surface area contributed by atoms with Crippen molar-refractivity contribution >= 4 is 12.2 Å². The van der Waals surface area contributed by atoms with Gasteiger partial charge in [-0.3, -0.25) is 0 Å². The molecular formula is C49H46. The molecule has 0 fully saturated rings. The van der Waals surface area contributed by atoms with Crippen LogP contribution in [0, 0.1) is 20.8 Å². The van der Waals surface area contributed by atoms with Gasteiger partial charge >= 0.3 is 0 Å². The molecule has 0 amide bonds. The lowest BCUT2D eigenvalue weighted by Gasteiger charge is -2.21. The molecule has 0 aromatic heterocycles. The highest BCUT2D eigenvalue weighted by molar-refractivity contribution is 5.95. The molecular weight excluding hydrogens is 589 g/mol. The van der Waals surface area contributed by atoms with Gasteiger partial charge in [0.05, 0.1) is 0 Å². The number of hydrogen-bond acceptors (Lipinski definition) is 0. The fourth-order valence-corrected chi connectivity index (χ4v) is 6.63. The highest BCUT2D eigenvalue weighted by Crippen LogP contribution is 2.43. The van der Waals surface area contributed by atoms with E-state index in [9.17, 15) is 0 Å².